The summed E-state index contributed by atoms with van der Waals surface area (Å²) in [4.78, 5) is 19.8. The van der Waals surface area contributed by atoms with Crippen LogP contribution in [0, 0.1) is 5.92 Å². The number of hydrogen-bond donors (Lipinski definition) is 0. The van der Waals surface area contributed by atoms with E-state index >= 15 is 0 Å². The second kappa shape index (κ2) is 8.34. The molecule has 6 heteroatoms. The Kier molecular flexibility index (Phi) is 6.15. The molecule has 0 aliphatic carbocycles. The van der Waals surface area contributed by atoms with Gasteiger partial charge in [-0.2, -0.15) is 0 Å². The van der Waals surface area contributed by atoms with Crippen LogP contribution < -0.4 is 0 Å². The molecule has 3 rings (SSSR count). The second-order valence-corrected chi connectivity index (χ2v) is 8.64. The van der Waals surface area contributed by atoms with Crippen molar-refractivity contribution in [3.8, 4) is 0 Å². The topological polar surface area (TPSA) is 26.8 Å². The number of benzene rings is 1. The Morgan fingerprint density at radius 3 is 2.48 bits per heavy atom. The number of nitrogens with zero attached hydrogens (tertiary/aromatic N) is 3. The maximum atomic E-state index is 12.5. The quantitative estimate of drug-likeness (QED) is 0.582. The molecule has 2 fully saturated rings. The average molecular weight is 376 g/mol. The van der Waals surface area contributed by atoms with E-state index in [1.165, 1.54) is 17.3 Å². The van der Waals surface area contributed by atoms with E-state index in [-0.39, 0.29) is 5.91 Å². The summed E-state index contributed by atoms with van der Waals surface area (Å²) in [6, 6.07) is 10.6. The van der Waals surface area contributed by atoms with Crippen LogP contribution >= 0.6 is 24.0 Å². The van der Waals surface area contributed by atoms with Gasteiger partial charge in [0.2, 0.25) is 0 Å². The van der Waals surface area contributed by atoms with Crippen molar-refractivity contribution in [2.45, 2.75) is 20.4 Å². The Balaban J connectivity index is 1.54. The molecule has 0 bridgehead atoms. The van der Waals surface area contributed by atoms with E-state index in [9.17, 15) is 4.79 Å². The fraction of sp³-hybridized carbons (Fsp3) is 0.474. The fourth-order valence-electron chi connectivity index (χ4n) is 3.07. The van der Waals surface area contributed by atoms with Crippen LogP contribution in [0.5, 0.6) is 0 Å². The normalized spacial score (nSPS) is 21.0. The third kappa shape index (κ3) is 4.84. The molecule has 0 N–H and O–H groups in total. The van der Waals surface area contributed by atoms with E-state index in [0.717, 1.165) is 37.6 Å². The van der Waals surface area contributed by atoms with Crippen LogP contribution in [0.2, 0.25) is 0 Å². The first kappa shape index (κ1) is 18.4. The van der Waals surface area contributed by atoms with E-state index in [4.69, 9.17) is 12.2 Å². The minimum atomic E-state index is 0.0652. The van der Waals surface area contributed by atoms with Gasteiger partial charge in [-0.3, -0.25) is 14.6 Å². The molecule has 2 saturated heterocycles. The van der Waals surface area contributed by atoms with Crippen molar-refractivity contribution >= 4 is 34.2 Å². The monoisotopic (exact) mass is 375 g/mol. The van der Waals surface area contributed by atoms with Crippen molar-refractivity contribution in [2.24, 2.45) is 5.92 Å². The first-order chi connectivity index (χ1) is 12.0. The van der Waals surface area contributed by atoms with Crippen molar-refractivity contribution in [1.29, 1.82) is 0 Å². The molecule has 2 aliphatic rings. The van der Waals surface area contributed by atoms with Gasteiger partial charge in [-0.1, -0.05) is 68.2 Å². The summed E-state index contributed by atoms with van der Waals surface area (Å²) in [5, 5.41) is 0. The van der Waals surface area contributed by atoms with Gasteiger partial charge in [0.1, 0.15) is 4.32 Å². The van der Waals surface area contributed by atoms with Crippen LogP contribution in [0.25, 0.3) is 0 Å². The maximum Gasteiger partial charge on any atom is 0.267 e. The number of rotatable bonds is 5. The smallest absolute Gasteiger partial charge is 0.267 e. The highest BCUT2D eigenvalue weighted by atomic mass is 32.2. The molecule has 1 amide bonds. The molecule has 0 atom stereocenters. The molecule has 0 spiro atoms. The average Bonchev–Trinajstić information content (AvgIpc) is 2.85. The van der Waals surface area contributed by atoms with E-state index in [1.807, 2.05) is 6.20 Å². The zero-order valence-corrected chi connectivity index (χ0v) is 16.5. The van der Waals surface area contributed by atoms with Crippen molar-refractivity contribution in [3.63, 3.8) is 0 Å². The highest BCUT2D eigenvalue weighted by molar-refractivity contribution is 8.26. The molecule has 4 nitrogen and oxygen atoms in total. The van der Waals surface area contributed by atoms with Crippen LogP contribution in [0.4, 0.5) is 0 Å². The molecular formula is C19H25N3OS2. The summed E-state index contributed by atoms with van der Waals surface area (Å²) in [6.45, 7) is 9.82. The van der Waals surface area contributed by atoms with Crippen LogP contribution in [0.3, 0.4) is 0 Å². The molecule has 1 aromatic rings. The van der Waals surface area contributed by atoms with Crippen molar-refractivity contribution in [3.05, 3.63) is 47.0 Å². The molecule has 1 aromatic carbocycles. The number of hydrogen-bond acceptors (Lipinski definition) is 5. The van der Waals surface area contributed by atoms with E-state index in [0.29, 0.717) is 16.8 Å². The summed E-state index contributed by atoms with van der Waals surface area (Å²) in [7, 11) is 0. The Labute approximate surface area is 159 Å². The third-order valence-corrected chi connectivity index (χ3v) is 5.74. The summed E-state index contributed by atoms with van der Waals surface area (Å²) in [6.07, 6.45) is 2.01. The summed E-state index contributed by atoms with van der Waals surface area (Å²) < 4.78 is 0.688. The maximum absolute atomic E-state index is 12.5. The number of thiocarbonyl (C=S) groups is 1. The Morgan fingerprint density at radius 1 is 1.16 bits per heavy atom. The van der Waals surface area contributed by atoms with Crippen LogP contribution in [-0.4, -0.2) is 57.7 Å². The van der Waals surface area contributed by atoms with Crippen molar-refractivity contribution in [1.82, 2.24) is 14.7 Å². The zero-order valence-electron chi connectivity index (χ0n) is 14.9. The summed E-state index contributed by atoms with van der Waals surface area (Å²) >= 11 is 6.81. The molecule has 25 heavy (non-hydrogen) atoms. The van der Waals surface area contributed by atoms with E-state index in [2.05, 4.69) is 54.0 Å². The van der Waals surface area contributed by atoms with Crippen molar-refractivity contribution < 1.29 is 4.79 Å². The molecule has 0 radical (unpaired) electrons. The number of piperazine rings is 1. The Bertz CT molecular complexity index is 652. The van der Waals surface area contributed by atoms with Crippen LogP contribution in [0.15, 0.2) is 41.4 Å². The molecular weight excluding hydrogens is 350 g/mol. The SMILES string of the molecule is CC(C)CN1C(=O)/C(=C/N2CCN(Cc3ccccc3)CC2)SC1=S. The second-order valence-electron chi connectivity index (χ2n) is 6.97. The van der Waals surface area contributed by atoms with Crippen molar-refractivity contribution in [2.75, 3.05) is 32.7 Å². The molecule has 134 valence electrons. The standard InChI is InChI=1S/C19H25N3OS2/c1-15(2)12-22-18(23)17(25-19(22)24)14-21-10-8-20(9-11-21)13-16-6-4-3-5-7-16/h3-7,14-15H,8-13H2,1-2H3/b17-14-. The minimum absolute atomic E-state index is 0.0652. The Morgan fingerprint density at radius 2 is 1.84 bits per heavy atom. The Hall–Kier alpha value is -1.37. The first-order valence-corrected chi connectivity index (χ1v) is 10.0. The highest BCUT2D eigenvalue weighted by Crippen LogP contribution is 2.32. The predicted octanol–water partition coefficient (Wildman–Crippen LogP) is 3.16. The van der Waals surface area contributed by atoms with Crippen LogP contribution in [0.1, 0.15) is 19.4 Å². The van der Waals surface area contributed by atoms with Gasteiger partial charge in [0.15, 0.2) is 0 Å². The lowest BCUT2D eigenvalue weighted by atomic mass is 10.2. The van der Waals surface area contributed by atoms with Gasteiger partial charge in [-0.25, -0.2) is 0 Å². The number of thioether (sulfide) groups is 1. The lowest BCUT2D eigenvalue weighted by Gasteiger charge is -2.34. The predicted molar refractivity (Wildman–Crippen MR) is 108 cm³/mol. The van der Waals surface area contributed by atoms with Crippen LogP contribution in [-0.2, 0) is 11.3 Å². The number of amides is 1. The summed E-state index contributed by atoms with van der Waals surface area (Å²) in [5.41, 5.74) is 1.35. The van der Waals surface area contributed by atoms with Gasteiger partial charge in [0.05, 0.1) is 4.91 Å². The van der Waals surface area contributed by atoms with Gasteiger partial charge < -0.3 is 4.90 Å². The van der Waals surface area contributed by atoms with E-state index < -0.39 is 0 Å². The summed E-state index contributed by atoms with van der Waals surface area (Å²) in [5.74, 6) is 0.485. The van der Waals surface area contributed by atoms with Gasteiger partial charge in [0, 0.05) is 45.5 Å². The van der Waals surface area contributed by atoms with Gasteiger partial charge in [-0.15, -0.1) is 0 Å². The highest BCUT2D eigenvalue weighted by Gasteiger charge is 2.33. The lowest BCUT2D eigenvalue weighted by molar-refractivity contribution is -0.122. The van der Waals surface area contributed by atoms with E-state index in [1.54, 1.807) is 4.90 Å². The van der Waals surface area contributed by atoms with Gasteiger partial charge in [-0.05, 0) is 11.5 Å². The molecule has 2 aliphatic heterocycles. The minimum Gasteiger partial charge on any atom is -0.374 e. The largest absolute Gasteiger partial charge is 0.374 e. The molecule has 0 aromatic heterocycles. The lowest BCUT2D eigenvalue weighted by Crippen LogP contribution is -2.43. The van der Waals surface area contributed by atoms with Gasteiger partial charge >= 0.3 is 0 Å². The number of carbonyl (C=O) groups is 1. The molecule has 0 unspecified atom stereocenters. The zero-order chi connectivity index (χ0) is 17.8. The number of carbonyl (C=O) groups excluding carboxylic acids is 1. The third-order valence-electron chi connectivity index (χ3n) is 4.38. The molecule has 2 heterocycles. The van der Waals surface area contributed by atoms with Gasteiger partial charge in [0.25, 0.3) is 5.91 Å². The fourth-order valence-corrected chi connectivity index (χ4v) is 4.35. The molecule has 0 saturated carbocycles. The first-order valence-electron chi connectivity index (χ1n) is 8.79.